The Balaban J connectivity index is 2.01. The molecule has 0 bridgehead atoms. The number of carbonyl (C=O) groups excluding carboxylic acids is 2. The minimum Gasteiger partial charge on any atom is -0.480 e. The van der Waals surface area contributed by atoms with Gasteiger partial charge >= 0.3 is 12.1 Å². The van der Waals surface area contributed by atoms with Gasteiger partial charge in [0.1, 0.15) is 18.7 Å². The number of aliphatic imine (C=N–C) groups is 1. The maximum atomic E-state index is 14.2. The summed E-state index contributed by atoms with van der Waals surface area (Å²) in [5.41, 5.74) is 12.8. The van der Waals surface area contributed by atoms with Crippen LogP contribution < -0.4 is 16.8 Å². The molecule has 43 heavy (non-hydrogen) atoms. The Kier molecular flexibility index (Phi) is 11.6. The Labute approximate surface area is 250 Å². The third kappa shape index (κ3) is 9.57. The number of benzene rings is 3. The van der Waals surface area contributed by atoms with Gasteiger partial charge in [0.2, 0.25) is 0 Å². The van der Waals surface area contributed by atoms with Crippen LogP contribution >= 0.6 is 0 Å². The molecule has 3 aromatic rings. The number of ether oxygens (including phenoxy) is 1. The van der Waals surface area contributed by atoms with Crippen LogP contribution in [0.25, 0.3) is 0 Å². The zero-order valence-corrected chi connectivity index (χ0v) is 24.4. The fourth-order valence-corrected chi connectivity index (χ4v) is 5.81. The van der Waals surface area contributed by atoms with Crippen molar-refractivity contribution in [3.05, 3.63) is 102 Å². The first-order chi connectivity index (χ1) is 20.5. The lowest BCUT2D eigenvalue weighted by Crippen LogP contribution is -2.56. The molecule has 3 rings (SSSR count). The highest BCUT2D eigenvalue weighted by atomic mass is 32.2. The van der Waals surface area contributed by atoms with E-state index < -0.39 is 40.1 Å². The molecule has 12 nitrogen and oxygen atoms in total. The summed E-state index contributed by atoms with van der Waals surface area (Å²) < 4.78 is 33.5. The van der Waals surface area contributed by atoms with Crippen molar-refractivity contribution >= 4 is 34.0 Å². The van der Waals surface area contributed by atoms with Crippen molar-refractivity contribution in [3.63, 3.8) is 0 Å². The molecule has 0 aliphatic carbocycles. The number of aliphatic carboxylic acids is 1. The molecule has 2 amide bonds. The number of guanidine groups is 1. The standard InChI is InChI=1S/C30H35N5O7S/c1-21-14-16-24(17-15-21)43(40,41)35(26(28(37)38)13-8-18-33-29(31)32)27(36)25(19-22-9-4-2-5-10-22)34-30(39)42-20-23-11-6-3-7-12-23/h2-7,9-12,14-17,25-26H,8,13,18-20H2,1H3,(H,34,39)(H,37,38)(H4,31,32,33)/t25-,26-/m0/s1. The van der Waals surface area contributed by atoms with E-state index in [0.717, 1.165) is 5.56 Å². The molecule has 0 saturated carbocycles. The van der Waals surface area contributed by atoms with Crippen molar-refractivity contribution in [1.82, 2.24) is 9.62 Å². The second-order valence-electron chi connectivity index (χ2n) is 9.70. The Hall–Kier alpha value is -4.91. The van der Waals surface area contributed by atoms with Gasteiger partial charge in [0.05, 0.1) is 4.90 Å². The van der Waals surface area contributed by atoms with Gasteiger partial charge in [-0.25, -0.2) is 22.3 Å². The molecule has 0 saturated heterocycles. The summed E-state index contributed by atoms with van der Waals surface area (Å²) in [6.45, 7) is 1.66. The minimum absolute atomic E-state index is 0.0101. The number of nitrogens with zero attached hydrogens (tertiary/aromatic N) is 2. The van der Waals surface area contributed by atoms with Crippen LogP contribution in [-0.4, -0.2) is 60.4 Å². The van der Waals surface area contributed by atoms with Crippen LogP contribution in [0, 0.1) is 6.92 Å². The molecular weight excluding hydrogens is 574 g/mol. The number of amides is 2. The van der Waals surface area contributed by atoms with Crippen LogP contribution in [-0.2, 0) is 37.4 Å². The number of nitrogens with two attached hydrogens (primary N) is 2. The highest BCUT2D eigenvalue weighted by Gasteiger charge is 2.42. The predicted molar refractivity (Wildman–Crippen MR) is 160 cm³/mol. The van der Waals surface area contributed by atoms with Crippen LogP contribution in [0.15, 0.2) is 94.8 Å². The number of rotatable bonds is 14. The lowest BCUT2D eigenvalue weighted by molar-refractivity contribution is -0.147. The molecule has 228 valence electrons. The molecule has 0 aliphatic heterocycles. The second-order valence-corrected chi connectivity index (χ2v) is 11.5. The molecule has 0 aliphatic rings. The normalized spacial score (nSPS) is 12.4. The predicted octanol–water partition coefficient (Wildman–Crippen LogP) is 2.56. The summed E-state index contributed by atoms with van der Waals surface area (Å²) in [5, 5.41) is 12.6. The second kappa shape index (κ2) is 15.4. The topological polar surface area (TPSA) is 194 Å². The van der Waals surface area contributed by atoms with E-state index in [0.29, 0.717) is 15.4 Å². The number of sulfonamides is 1. The maximum absolute atomic E-state index is 14.2. The van der Waals surface area contributed by atoms with E-state index in [-0.39, 0.29) is 43.3 Å². The summed E-state index contributed by atoms with van der Waals surface area (Å²) in [7, 11) is -4.72. The van der Waals surface area contributed by atoms with E-state index >= 15 is 0 Å². The summed E-state index contributed by atoms with van der Waals surface area (Å²) >= 11 is 0. The number of carbonyl (C=O) groups is 3. The molecule has 0 unspecified atom stereocenters. The van der Waals surface area contributed by atoms with Crippen molar-refractivity contribution in [2.24, 2.45) is 16.5 Å². The van der Waals surface area contributed by atoms with E-state index in [1.165, 1.54) is 24.3 Å². The molecule has 0 fully saturated rings. The molecular formula is C30H35N5O7S. The average molecular weight is 610 g/mol. The number of hydrogen-bond acceptors (Lipinski definition) is 7. The fraction of sp³-hybridized carbons (Fsp3) is 0.267. The van der Waals surface area contributed by atoms with Gasteiger partial charge in [0.25, 0.3) is 15.9 Å². The highest BCUT2D eigenvalue weighted by Crippen LogP contribution is 2.24. The van der Waals surface area contributed by atoms with E-state index in [1.54, 1.807) is 67.6 Å². The SMILES string of the molecule is Cc1ccc(S(=O)(=O)N(C(=O)[C@H](Cc2ccccc2)NC(=O)OCc2ccccc2)[C@@H](CCCN=C(N)N)C(=O)O)cc1. The zero-order chi connectivity index (χ0) is 31.4. The Morgan fingerprint density at radius 2 is 1.51 bits per heavy atom. The third-order valence-electron chi connectivity index (χ3n) is 6.38. The lowest BCUT2D eigenvalue weighted by Gasteiger charge is -2.31. The van der Waals surface area contributed by atoms with E-state index in [9.17, 15) is 27.9 Å². The van der Waals surface area contributed by atoms with Gasteiger partial charge in [-0.15, -0.1) is 0 Å². The molecule has 3 aromatic carbocycles. The quantitative estimate of drug-likeness (QED) is 0.121. The smallest absolute Gasteiger partial charge is 0.408 e. The number of alkyl carbamates (subject to hydrolysis) is 1. The summed E-state index contributed by atoms with van der Waals surface area (Å²) in [5.74, 6) is -2.91. The monoisotopic (exact) mass is 609 g/mol. The Bertz CT molecular complexity index is 1510. The number of carboxylic acid groups (broad SMARTS) is 1. The van der Waals surface area contributed by atoms with Gasteiger partial charge in [-0.3, -0.25) is 9.79 Å². The van der Waals surface area contributed by atoms with Crippen molar-refractivity contribution in [3.8, 4) is 0 Å². The van der Waals surface area contributed by atoms with Crippen molar-refractivity contribution in [2.45, 2.75) is 49.8 Å². The van der Waals surface area contributed by atoms with Crippen LogP contribution in [0.2, 0.25) is 0 Å². The summed E-state index contributed by atoms with van der Waals surface area (Å²) in [4.78, 5) is 43.1. The van der Waals surface area contributed by atoms with Crippen LogP contribution in [0.3, 0.4) is 0 Å². The molecule has 13 heteroatoms. The maximum Gasteiger partial charge on any atom is 0.408 e. The van der Waals surface area contributed by atoms with Gasteiger partial charge in [0, 0.05) is 13.0 Å². The third-order valence-corrected chi connectivity index (χ3v) is 8.20. The number of aryl methyl sites for hydroxylation is 1. The van der Waals surface area contributed by atoms with Gasteiger partial charge in [-0.2, -0.15) is 0 Å². The summed E-state index contributed by atoms with van der Waals surface area (Å²) in [6, 6.07) is 19.7. The number of hydrogen-bond donors (Lipinski definition) is 4. The van der Waals surface area contributed by atoms with Crippen LogP contribution in [0.4, 0.5) is 4.79 Å². The van der Waals surface area contributed by atoms with Gasteiger partial charge in [-0.05, 0) is 43.0 Å². The zero-order valence-electron chi connectivity index (χ0n) is 23.6. The number of carboxylic acids is 1. The molecule has 0 aromatic heterocycles. The molecule has 0 spiro atoms. The molecule has 2 atom stereocenters. The largest absolute Gasteiger partial charge is 0.480 e. The van der Waals surface area contributed by atoms with E-state index in [4.69, 9.17) is 16.2 Å². The molecule has 0 heterocycles. The van der Waals surface area contributed by atoms with Gasteiger partial charge in [-0.1, -0.05) is 78.4 Å². The van der Waals surface area contributed by atoms with Crippen LogP contribution in [0.5, 0.6) is 0 Å². The fourth-order valence-electron chi connectivity index (χ4n) is 4.21. The molecule has 0 radical (unpaired) electrons. The van der Waals surface area contributed by atoms with Crippen LogP contribution in [0.1, 0.15) is 29.5 Å². The van der Waals surface area contributed by atoms with E-state index in [1.807, 2.05) is 0 Å². The van der Waals surface area contributed by atoms with Crippen molar-refractivity contribution in [1.29, 1.82) is 0 Å². The summed E-state index contributed by atoms with van der Waals surface area (Å²) in [6.07, 6.45) is -1.36. The van der Waals surface area contributed by atoms with Crippen molar-refractivity contribution in [2.75, 3.05) is 6.54 Å². The first kappa shape index (κ1) is 32.6. The highest BCUT2D eigenvalue weighted by molar-refractivity contribution is 7.89. The Morgan fingerprint density at radius 1 is 0.930 bits per heavy atom. The number of nitrogens with one attached hydrogen (secondary N) is 1. The first-order valence-corrected chi connectivity index (χ1v) is 14.9. The lowest BCUT2D eigenvalue weighted by atomic mass is 10.0. The average Bonchev–Trinajstić information content (AvgIpc) is 2.98. The van der Waals surface area contributed by atoms with Crippen molar-refractivity contribution < 1.29 is 32.6 Å². The first-order valence-electron chi connectivity index (χ1n) is 13.4. The molecule has 6 N–H and O–H groups in total. The van der Waals surface area contributed by atoms with Gasteiger partial charge < -0.3 is 26.6 Å². The Morgan fingerprint density at radius 3 is 2.07 bits per heavy atom. The van der Waals surface area contributed by atoms with E-state index in [2.05, 4.69) is 10.3 Å². The van der Waals surface area contributed by atoms with Gasteiger partial charge in [0.15, 0.2) is 5.96 Å². The minimum atomic E-state index is -4.72.